The number of carbonyl (C=O) groups is 1. The Bertz CT molecular complexity index is 623. The summed E-state index contributed by atoms with van der Waals surface area (Å²) in [6.07, 6.45) is 4.94. The molecule has 2 aromatic rings. The SMILES string of the molecule is Cc1ccc(C)n2c(C(=O)C=CN(C)C)cnc12. The number of carbonyl (C=O) groups excluding carboxylic acids is 1. The lowest BCUT2D eigenvalue weighted by atomic mass is 10.2. The number of hydrogen-bond donors (Lipinski definition) is 0. The van der Waals surface area contributed by atoms with Crippen LogP contribution in [0.15, 0.2) is 30.6 Å². The van der Waals surface area contributed by atoms with Crippen molar-refractivity contribution in [1.29, 1.82) is 0 Å². The predicted molar refractivity (Wildman–Crippen MR) is 71.8 cm³/mol. The zero-order valence-electron chi connectivity index (χ0n) is 11.1. The minimum absolute atomic E-state index is 0.0371. The minimum atomic E-state index is -0.0371. The van der Waals surface area contributed by atoms with Gasteiger partial charge < -0.3 is 4.90 Å². The highest BCUT2D eigenvalue weighted by atomic mass is 16.1. The number of fused-ring (bicyclic) bond motifs is 1. The first-order chi connectivity index (χ1) is 8.50. The van der Waals surface area contributed by atoms with Gasteiger partial charge in [-0.2, -0.15) is 0 Å². The van der Waals surface area contributed by atoms with Crippen LogP contribution in [0.2, 0.25) is 0 Å². The fraction of sp³-hybridized carbons (Fsp3) is 0.286. The molecule has 0 spiro atoms. The van der Waals surface area contributed by atoms with Crippen molar-refractivity contribution in [3.05, 3.63) is 47.6 Å². The van der Waals surface area contributed by atoms with Crippen LogP contribution in [0.5, 0.6) is 0 Å². The summed E-state index contributed by atoms with van der Waals surface area (Å²) in [7, 11) is 3.77. The molecular weight excluding hydrogens is 226 g/mol. The molecule has 0 N–H and O–H groups in total. The lowest BCUT2D eigenvalue weighted by Crippen LogP contribution is -2.06. The summed E-state index contributed by atoms with van der Waals surface area (Å²) in [5, 5.41) is 0. The van der Waals surface area contributed by atoms with Crippen molar-refractivity contribution in [2.24, 2.45) is 0 Å². The van der Waals surface area contributed by atoms with E-state index in [4.69, 9.17) is 0 Å². The molecule has 0 atom stereocenters. The second-order valence-corrected chi connectivity index (χ2v) is 4.60. The number of nitrogens with zero attached hydrogens (tertiary/aromatic N) is 3. The maximum atomic E-state index is 12.1. The third-order valence-corrected chi connectivity index (χ3v) is 2.82. The normalized spacial score (nSPS) is 11.3. The van der Waals surface area contributed by atoms with E-state index in [2.05, 4.69) is 4.98 Å². The standard InChI is InChI=1S/C14H17N3O/c1-10-5-6-11(2)17-12(9-15-14(10)17)13(18)7-8-16(3)4/h5-9H,1-4H3. The first-order valence-corrected chi connectivity index (χ1v) is 5.83. The fourth-order valence-electron chi connectivity index (χ4n) is 1.86. The lowest BCUT2D eigenvalue weighted by Gasteiger charge is -2.06. The lowest BCUT2D eigenvalue weighted by molar-refractivity contribution is 0.104. The van der Waals surface area contributed by atoms with Gasteiger partial charge in [-0.25, -0.2) is 4.98 Å². The Morgan fingerprint density at radius 1 is 1.33 bits per heavy atom. The fourth-order valence-corrected chi connectivity index (χ4v) is 1.86. The quantitative estimate of drug-likeness (QED) is 0.612. The molecule has 0 radical (unpaired) electrons. The van der Waals surface area contributed by atoms with Crippen molar-refractivity contribution in [2.45, 2.75) is 13.8 Å². The van der Waals surface area contributed by atoms with Gasteiger partial charge >= 0.3 is 0 Å². The summed E-state index contributed by atoms with van der Waals surface area (Å²) in [6, 6.07) is 4.01. The second-order valence-electron chi connectivity index (χ2n) is 4.60. The second kappa shape index (κ2) is 4.64. The van der Waals surface area contributed by atoms with E-state index in [1.807, 2.05) is 49.4 Å². The first kappa shape index (κ1) is 12.4. The van der Waals surface area contributed by atoms with Crippen LogP contribution in [0.1, 0.15) is 21.7 Å². The maximum Gasteiger partial charge on any atom is 0.205 e. The van der Waals surface area contributed by atoms with E-state index in [9.17, 15) is 4.79 Å². The molecule has 0 amide bonds. The number of rotatable bonds is 3. The van der Waals surface area contributed by atoms with Crippen molar-refractivity contribution < 1.29 is 4.79 Å². The Kier molecular flexibility index (Phi) is 3.19. The summed E-state index contributed by atoms with van der Waals surface area (Å²) in [6.45, 7) is 3.96. The predicted octanol–water partition coefficient (Wildman–Crippen LogP) is 2.21. The van der Waals surface area contributed by atoms with Crippen LogP contribution in [-0.2, 0) is 0 Å². The Hall–Kier alpha value is -2.10. The highest BCUT2D eigenvalue weighted by molar-refractivity contribution is 6.03. The van der Waals surface area contributed by atoms with E-state index in [0.29, 0.717) is 5.69 Å². The molecule has 0 saturated heterocycles. The topological polar surface area (TPSA) is 37.6 Å². The molecule has 0 bridgehead atoms. The van der Waals surface area contributed by atoms with Gasteiger partial charge in [0.25, 0.3) is 0 Å². The number of aromatic nitrogens is 2. The van der Waals surface area contributed by atoms with Crippen LogP contribution < -0.4 is 0 Å². The summed E-state index contributed by atoms with van der Waals surface area (Å²) >= 11 is 0. The van der Waals surface area contributed by atoms with E-state index in [1.54, 1.807) is 18.5 Å². The minimum Gasteiger partial charge on any atom is -0.383 e. The van der Waals surface area contributed by atoms with Gasteiger partial charge in [0, 0.05) is 32.1 Å². The van der Waals surface area contributed by atoms with Gasteiger partial charge in [0.1, 0.15) is 11.3 Å². The van der Waals surface area contributed by atoms with Gasteiger partial charge in [-0.05, 0) is 25.5 Å². The Morgan fingerprint density at radius 2 is 2.06 bits per heavy atom. The molecule has 0 aliphatic heterocycles. The molecular formula is C14H17N3O. The van der Waals surface area contributed by atoms with Gasteiger partial charge in [0.05, 0.1) is 6.20 Å². The molecule has 0 aliphatic rings. The molecule has 2 rings (SSSR count). The molecule has 0 fully saturated rings. The number of hydrogen-bond acceptors (Lipinski definition) is 3. The van der Waals surface area contributed by atoms with Crippen LogP contribution in [0.4, 0.5) is 0 Å². The Labute approximate surface area is 107 Å². The first-order valence-electron chi connectivity index (χ1n) is 5.83. The van der Waals surface area contributed by atoms with E-state index < -0.39 is 0 Å². The number of imidazole rings is 1. The maximum absolute atomic E-state index is 12.1. The molecule has 18 heavy (non-hydrogen) atoms. The largest absolute Gasteiger partial charge is 0.383 e. The van der Waals surface area contributed by atoms with Crippen molar-refractivity contribution in [2.75, 3.05) is 14.1 Å². The smallest absolute Gasteiger partial charge is 0.205 e. The summed E-state index contributed by atoms with van der Waals surface area (Å²) < 4.78 is 1.90. The van der Waals surface area contributed by atoms with E-state index in [0.717, 1.165) is 16.9 Å². The van der Waals surface area contributed by atoms with Crippen LogP contribution >= 0.6 is 0 Å². The molecule has 0 unspecified atom stereocenters. The van der Waals surface area contributed by atoms with Crippen LogP contribution in [-0.4, -0.2) is 34.2 Å². The van der Waals surface area contributed by atoms with Crippen LogP contribution in [0.3, 0.4) is 0 Å². The molecule has 94 valence electrons. The van der Waals surface area contributed by atoms with Crippen LogP contribution in [0, 0.1) is 13.8 Å². The van der Waals surface area contributed by atoms with E-state index in [-0.39, 0.29) is 5.78 Å². The third kappa shape index (κ3) is 2.14. The Balaban J connectivity index is 2.53. The monoisotopic (exact) mass is 243 g/mol. The van der Waals surface area contributed by atoms with E-state index >= 15 is 0 Å². The number of aryl methyl sites for hydroxylation is 2. The van der Waals surface area contributed by atoms with Crippen molar-refractivity contribution in [3.8, 4) is 0 Å². The average molecular weight is 243 g/mol. The molecule has 0 saturated carbocycles. The molecule has 2 heterocycles. The molecule has 4 heteroatoms. The van der Waals surface area contributed by atoms with Crippen molar-refractivity contribution in [1.82, 2.24) is 14.3 Å². The number of pyridine rings is 1. The van der Waals surface area contributed by atoms with Crippen molar-refractivity contribution >= 4 is 11.4 Å². The highest BCUT2D eigenvalue weighted by Gasteiger charge is 2.12. The van der Waals surface area contributed by atoms with Gasteiger partial charge in [0.2, 0.25) is 5.78 Å². The van der Waals surface area contributed by atoms with Crippen molar-refractivity contribution in [3.63, 3.8) is 0 Å². The van der Waals surface area contributed by atoms with Gasteiger partial charge in [-0.3, -0.25) is 9.20 Å². The number of allylic oxidation sites excluding steroid dienone is 1. The third-order valence-electron chi connectivity index (χ3n) is 2.82. The van der Waals surface area contributed by atoms with Gasteiger partial charge in [-0.15, -0.1) is 0 Å². The van der Waals surface area contributed by atoms with E-state index in [1.165, 1.54) is 0 Å². The number of ketones is 1. The van der Waals surface area contributed by atoms with Gasteiger partial charge in [-0.1, -0.05) is 6.07 Å². The van der Waals surface area contributed by atoms with Crippen LogP contribution in [0.25, 0.3) is 5.65 Å². The van der Waals surface area contributed by atoms with Gasteiger partial charge in [0.15, 0.2) is 0 Å². The summed E-state index contributed by atoms with van der Waals surface area (Å²) in [5.74, 6) is -0.0371. The Morgan fingerprint density at radius 3 is 2.72 bits per heavy atom. The molecule has 2 aromatic heterocycles. The molecule has 0 aliphatic carbocycles. The molecule has 0 aromatic carbocycles. The summed E-state index contributed by atoms with van der Waals surface area (Å²) in [4.78, 5) is 18.3. The average Bonchev–Trinajstić information content (AvgIpc) is 2.76. The summed E-state index contributed by atoms with van der Waals surface area (Å²) in [5.41, 5.74) is 3.52. The zero-order valence-corrected chi connectivity index (χ0v) is 11.1. The highest BCUT2D eigenvalue weighted by Crippen LogP contribution is 2.15. The zero-order chi connectivity index (χ0) is 13.3. The molecule has 4 nitrogen and oxygen atoms in total.